The number of rotatable bonds is 6. The maximum Gasteiger partial charge on any atom is 0.269 e. The van der Waals surface area contributed by atoms with Crippen LogP contribution >= 0.6 is 11.6 Å². The van der Waals surface area contributed by atoms with Crippen LogP contribution in [-0.2, 0) is 14.8 Å². The van der Waals surface area contributed by atoms with Gasteiger partial charge in [0.05, 0.1) is 15.5 Å². The van der Waals surface area contributed by atoms with Crippen molar-refractivity contribution in [2.24, 2.45) is 5.73 Å². The molecule has 132 valence electrons. The Morgan fingerprint density at radius 2 is 1.84 bits per heavy atom. The van der Waals surface area contributed by atoms with Gasteiger partial charge in [-0.15, -0.1) is 0 Å². The van der Waals surface area contributed by atoms with Crippen molar-refractivity contribution >= 4 is 38.9 Å². The molecule has 0 fully saturated rings. The number of nitrogens with two attached hydrogens (primary N) is 1. The van der Waals surface area contributed by atoms with Crippen LogP contribution < -0.4 is 10.0 Å². The lowest BCUT2D eigenvalue weighted by Gasteiger charge is -2.24. The molecule has 8 nitrogen and oxygen atoms in total. The van der Waals surface area contributed by atoms with E-state index in [1.54, 1.807) is 0 Å². The van der Waals surface area contributed by atoms with Gasteiger partial charge in [0, 0.05) is 17.2 Å². The fourth-order valence-electron chi connectivity index (χ4n) is 2.21. The van der Waals surface area contributed by atoms with Gasteiger partial charge in [-0.1, -0.05) is 11.6 Å². The molecule has 0 unspecified atom stereocenters. The molecule has 25 heavy (non-hydrogen) atoms. The van der Waals surface area contributed by atoms with E-state index in [1.165, 1.54) is 43.3 Å². The first-order valence-corrected chi connectivity index (χ1v) is 8.76. The van der Waals surface area contributed by atoms with Crippen LogP contribution in [0.3, 0.4) is 0 Å². The minimum atomic E-state index is -4.12. The Balaban J connectivity index is 2.58. The second-order valence-electron chi connectivity index (χ2n) is 5.16. The Kier molecular flexibility index (Phi) is 5.29. The monoisotopic (exact) mass is 383 g/mol. The molecule has 0 spiro atoms. The van der Waals surface area contributed by atoms with Crippen molar-refractivity contribution in [1.29, 1.82) is 0 Å². The summed E-state index contributed by atoms with van der Waals surface area (Å²) in [5, 5.41) is 11.2. The Morgan fingerprint density at radius 1 is 1.24 bits per heavy atom. The summed E-state index contributed by atoms with van der Waals surface area (Å²) < 4.78 is 26.6. The van der Waals surface area contributed by atoms with Crippen LogP contribution in [0.15, 0.2) is 47.4 Å². The van der Waals surface area contributed by atoms with Crippen LogP contribution in [0, 0.1) is 17.0 Å². The quantitative estimate of drug-likeness (QED) is 0.605. The number of carbonyl (C=O) groups excluding carboxylic acids is 1. The highest BCUT2D eigenvalue weighted by atomic mass is 35.5. The summed E-state index contributed by atoms with van der Waals surface area (Å²) in [4.78, 5) is 21.6. The zero-order chi connectivity index (χ0) is 18.8. The summed E-state index contributed by atoms with van der Waals surface area (Å²) in [6.07, 6.45) is 0. The molecule has 0 saturated carbocycles. The fourth-order valence-corrected chi connectivity index (χ4v) is 3.83. The van der Waals surface area contributed by atoms with Gasteiger partial charge in [-0.2, -0.15) is 0 Å². The van der Waals surface area contributed by atoms with E-state index in [4.69, 9.17) is 17.3 Å². The van der Waals surface area contributed by atoms with Gasteiger partial charge in [0.15, 0.2) is 0 Å². The maximum absolute atomic E-state index is 12.9. The number of halogens is 1. The Morgan fingerprint density at radius 3 is 2.32 bits per heavy atom. The van der Waals surface area contributed by atoms with E-state index in [-0.39, 0.29) is 16.3 Å². The first-order valence-electron chi connectivity index (χ1n) is 6.94. The van der Waals surface area contributed by atoms with Gasteiger partial charge < -0.3 is 5.73 Å². The standard InChI is InChI=1S/C15H14ClN3O5S/c1-10-8-12(19(21)22)4-7-14(10)18(9-15(17)20)25(23,24)13-5-2-11(16)3-6-13/h2-8H,9H2,1H3,(H2,17,20). The third-order valence-corrected chi connectivity index (χ3v) is 5.39. The lowest BCUT2D eigenvalue weighted by Crippen LogP contribution is -2.39. The minimum absolute atomic E-state index is 0.0871. The van der Waals surface area contributed by atoms with Crippen molar-refractivity contribution in [3.05, 3.63) is 63.2 Å². The second-order valence-corrected chi connectivity index (χ2v) is 7.46. The van der Waals surface area contributed by atoms with Gasteiger partial charge in [0.1, 0.15) is 6.54 Å². The molecule has 0 aliphatic rings. The topological polar surface area (TPSA) is 124 Å². The number of non-ortho nitro benzene ring substituents is 1. The first kappa shape index (κ1) is 18.7. The van der Waals surface area contributed by atoms with Gasteiger partial charge in [-0.05, 0) is 42.8 Å². The highest BCUT2D eigenvalue weighted by Crippen LogP contribution is 2.29. The number of hydrogen-bond donors (Lipinski definition) is 1. The summed E-state index contributed by atoms with van der Waals surface area (Å²) in [6.45, 7) is 0.900. The molecule has 0 heterocycles. The van der Waals surface area contributed by atoms with Gasteiger partial charge >= 0.3 is 0 Å². The van der Waals surface area contributed by atoms with Gasteiger partial charge in [-0.3, -0.25) is 19.2 Å². The number of carbonyl (C=O) groups is 1. The number of amides is 1. The van der Waals surface area contributed by atoms with Crippen LogP contribution in [0.2, 0.25) is 5.02 Å². The number of sulfonamides is 1. The predicted octanol–water partition coefficient (Wildman–Crippen LogP) is 2.24. The summed E-state index contributed by atoms with van der Waals surface area (Å²) in [7, 11) is -4.12. The number of nitrogens with zero attached hydrogens (tertiary/aromatic N) is 2. The third-order valence-electron chi connectivity index (χ3n) is 3.36. The van der Waals surface area contributed by atoms with E-state index in [0.717, 1.165) is 10.4 Å². The normalized spacial score (nSPS) is 11.1. The Labute approximate surface area is 149 Å². The van der Waals surface area contributed by atoms with Crippen molar-refractivity contribution in [3.63, 3.8) is 0 Å². The third kappa shape index (κ3) is 4.06. The average molecular weight is 384 g/mol. The molecule has 0 atom stereocenters. The van der Waals surface area contributed by atoms with Crippen molar-refractivity contribution in [3.8, 4) is 0 Å². The first-order chi connectivity index (χ1) is 11.6. The maximum atomic E-state index is 12.9. The molecule has 2 rings (SSSR count). The zero-order valence-electron chi connectivity index (χ0n) is 13.0. The summed E-state index contributed by atoms with van der Waals surface area (Å²) in [6, 6.07) is 9.05. The lowest BCUT2D eigenvalue weighted by molar-refractivity contribution is -0.384. The zero-order valence-corrected chi connectivity index (χ0v) is 14.6. The molecule has 2 N–H and O–H groups in total. The molecule has 10 heteroatoms. The van der Waals surface area contributed by atoms with E-state index in [0.29, 0.717) is 10.6 Å². The van der Waals surface area contributed by atoms with Crippen LogP contribution in [0.1, 0.15) is 5.56 Å². The van der Waals surface area contributed by atoms with Gasteiger partial charge in [0.25, 0.3) is 15.7 Å². The van der Waals surface area contributed by atoms with Crippen molar-refractivity contribution in [2.75, 3.05) is 10.8 Å². The lowest BCUT2D eigenvalue weighted by atomic mass is 10.2. The number of hydrogen-bond acceptors (Lipinski definition) is 5. The van der Waals surface area contributed by atoms with Crippen LogP contribution in [-0.4, -0.2) is 25.8 Å². The van der Waals surface area contributed by atoms with Crippen LogP contribution in [0.5, 0.6) is 0 Å². The number of nitro groups is 1. The number of nitro benzene ring substituents is 1. The molecular formula is C15H14ClN3O5S. The van der Waals surface area contributed by atoms with Crippen LogP contribution in [0.4, 0.5) is 11.4 Å². The van der Waals surface area contributed by atoms with Gasteiger partial charge in [-0.25, -0.2) is 8.42 Å². The van der Waals surface area contributed by atoms with E-state index >= 15 is 0 Å². The van der Waals surface area contributed by atoms with Crippen molar-refractivity contribution < 1.29 is 18.1 Å². The number of aryl methyl sites for hydroxylation is 1. The van der Waals surface area contributed by atoms with E-state index in [9.17, 15) is 23.3 Å². The molecule has 0 aromatic heterocycles. The SMILES string of the molecule is Cc1cc([N+](=O)[O-])ccc1N(CC(N)=O)S(=O)(=O)c1ccc(Cl)cc1. The van der Waals surface area contributed by atoms with Crippen molar-refractivity contribution in [1.82, 2.24) is 0 Å². The predicted molar refractivity (Wildman–Crippen MR) is 93.0 cm³/mol. The second kappa shape index (κ2) is 7.08. The molecule has 1 amide bonds. The number of primary amides is 1. The summed E-state index contributed by atoms with van der Waals surface area (Å²) in [5.74, 6) is -0.865. The minimum Gasteiger partial charge on any atom is -0.368 e. The van der Waals surface area contributed by atoms with Crippen molar-refractivity contribution in [2.45, 2.75) is 11.8 Å². The smallest absolute Gasteiger partial charge is 0.269 e. The molecule has 0 radical (unpaired) electrons. The molecule has 0 saturated heterocycles. The van der Waals surface area contributed by atoms with E-state index < -0.39 is 27.4 Å². The highest BCUT2D eigenvalue weighted by molar-refractivity contribution is 7.92. The average Bonchev–Trinajstić information content (AvgIpc) is 2.53. The Hall–Kier alpha value is -2.65. The van der Waals surface area contributed by atoms with E-state index in [2.05, 4.69) is 0 Å². The molecular weight excluding hydrogens is 370 g/mol. The van der Waals surface area contributed by atoms with E-state index in [1.807, 2.05) is 0 Å². The summed E-state index contributed by atoms with van der Waals surface area (Å²) in [5.41, 5.74) is 5.43. The molecule has 2 aromatic rings. The van der Waals surface area contributed by atoms with Gasteiger partial charge in [0.2, 0.25) is 5.91 Å². The summed E-state index contributed by atoms with van der Waals surface area (Å²) >= 11 is 5.77. The molecule has 0 bridgehead atoms. The fraction of sp³-hybridized carbons (Fsp3) is 0.133. The molecule has 0 aliphatic carbocycles. The highest BCUT2D eigenvalue weighted by Gasteiger charge is 2.28. The number of anilines is 1. The molecule has 2 aromatic carbocycles. The molecule has 0 aliphatic heterocycles. The number of benzene rings is 2. The largest absolute Gasteiger partial charge is 0.368 e. The van der Waals surface area contributed by atoms with Crippen LogP contribution in [0.25, 0.3) is 0 Å². The Bertz CT molecular complexity index is 929.